The Labute approximate surface area is 168 Å². The van der Waals surface area contributed by atoms with E-state index in [1.54, 1.807) is 30.3 Å². The molecule has 0 saturated carbocycles. The van der Waals surface area contributed by atoms with Crippen molar-refractivity contribution >= 4 is 28.0 Å². The van der Waals surface area contributed by atoms with Gasteiger partial charge in [-0.05, 0) is 12.1 Å². The van der Waals surface area contributed by atoms with Crippen LogP contribution in [0.1, 0.15) is 12.2 Å². The average Bonchev–Trinajstić information content (AvgIpc) is 3.13. The molecule has 1 saturated heterocycles. The first-order chi connectivity index (χ1) is 14.0. The number of para-hydroxylation sites is 2. The van der Waals surface area contributed by atoms with Crippen molar-refractivity contribution in [1.82, 2.24) is 19.5 Å². The van der Waals surface area contributed by atoms with Crippen molar-refractivity contribution in [2.45, 2.75) is 17.6 Å². The van der Waals surface area contributed by atoms with Gasteiger partial charge in [0.1, 0.15) is 17.9 Å². The molecule has 1 unspecified atom stereocenters. The summed E-state index contributed by atoms with van der Waals surface area (Å²) in [4.78, 5) is 14.5. The molecule has 1 fully saturated rings. The van der Waals surface area contributed by atoms with E-state index < -0.39 is 23.4 Å². The average molecular weight is 423 g/mol. The third kappa shape index (κ3) is 3.78. The number of hydrogen-bond acceptors (Lipinski definition) is 7. The predicted molar refractivity (Wildman–Crippen MR) is 103 cm³/mol. The number of alkyl halides is 2. The molecule has 4 rings (SSSR count). The zero-order chi connectivity index (χ0) is 20.5. The van der Waals surface area contributed by atoms with Crippen molar-refractivity contribution in [3.63, 3.8) is 0 Å². The number of ether oxygens (including phenoxy) is 1. The summed E-state index contributed by atoms with van der Waals surface area (Å²) in [5, 5.41) is 9.69. The SMILES string of the molecule is C[S+]([O-])c1nc(N2CCOC[C@H]2CO)cc(-n2c(C(F)F)nc3ccccc32)n1. The second-order valence-corrected chi connectivity index (χ2v) is 7.79. The van der Waals surface area contributed by atoms with Crippen LogP contribution >= 0.6 is 0 Å². The Morgan fingerprint density at radius 3 is 2.76 bits per heavy atom. The molecule has 11 heteroatoms. The fourth-order valence-corrected chi connectivity index (χ4v) is 3.77. The van der Waals surface area contributed by atoms with Crippen LogP contribution in [-0.4, -0.2) is 67.8 Å². The Hall–Kier alpha value is -2.34. The minimum Gasteiger partial charge on any atom is -0.609 e. The topological polar surface area (TPSA) is 99.4 Å². The summed E-state index contributed by atoms with van der Waals surface area (Å²) in [5.74, 6) is 0.0808. The van der Waals surface area contributed by atoms with Crippen LogP contribution in [0.2, 0.25) is 0 Å². The molecule has 0 spiro atoms. The Bertz CT molecular complexity index is 1020. The Morgan fingerprint density at radius 1 is 1.28 bits per heavy atom. The summed E-state index contributed by atoms with van der Waals surface area (Å²) < 4.78 is 46.3. The van der Waals surface area contributed by atoms with Gasteiger partial charge in [-0.3, -0.25) is 4.57 Å². The molecule has 2 aromatic heterocycles. The van der Waals surface area contributed by atoms with E-state index in [-0.39, 0.29) is 23.6 Å². The lowest BCUT2D eigenvalue weighted by Crippen LogP contribution is -2.48. The van der Waals surface area contributed by atoms with Crippen LogP contribution < -0.4 is 4.90 Å². The van der Waals surface area contributed by atoms with E-state index in [0.29, 0.717) is 36.6 Å². The molecule has 3 heterocycles. The zero-order valence-corrected chi connectivity index (χ0v) is 16.4. The molecule has 0 amide bonds. The summed E-state index contributed by atoms with van der Waals surface area (Å²) in [7, 11) is 0. The van der Waals surface area contributed by atoms with E-state index >= 15 is 0 Å². The molecule has 0 aliphatic carbocycles. The summed E-state index contributed by atoms with van der Waals surface area (Å²) in [6.45, 7) is 1.01. The van der Waals surface area contributed by atoms with Crippen molar-refractivity contribution in [3.8, 4) is 5.82 Å². The van der Waals surface area contributed by atoms with Gasteiger partial charge < -0.3 is 19.3 Å². The standard InChI is InChI=1S/C18H19F2N5O3S/c1-29(27)18-22-14(24-6-7-28-10-11(24)9-26)8-15(23-18)25-13-5-3-2-4-12(13)21-17(25)16(19)20/h2-5,8,11,16,26H,6-7,9-10H2,1H3/t11-,29?/m1/s1. The van der Waals surface area contributed by atoms with Crippen molar-refractivity contribution in [2.24, 2.45) is 0 Å². The maximum Gasteiger partial charge on any atom is 0.346 e. The maximum absolute atomic E-state index is 13.7. The van der Waals surface area contributed by atoms with E-state index in [1.165, 1.54) is 10.8 Å². The molecule has 0 bridgehead atoms. The maximum atomic E-state index is 13.7. The zero-order valence-electron chi connectivity index (χ0n) is 15.5. The van der Waals surface area contributed by atoms with E-state index in [9.17, 15) is 18.4 Å². The molecule has 1 aromatic carbocycles. The second kappa shape index (κ2) is 8.19. The first-order valence-corrected chi connectivity index (χ1v) is 10.5. The Kier molecular flexibility index (Phi) is 5.63. The van der Waals surface area contributed by atoms with Gasteiger partial charge in [0.25, 0.3) is 6.43 Å². The van der Waals surface area contributed by atoms with Crippen LogP contribution in [0.25, 0.3) is 16.9 Å². The van der Waals surface area contributed by atoms with Gasteiger partial charge >= 0.3 is 5.16 Å². The number of anilines is 1. The molecular formula is C18H19F2N5O3S. The molecule has 2 atom stereocenters. The molecule has 1 aliphatic heterocycles. The van der Waals surface area contributed by atoms with Crippen LogP contribution in [0.3, 0.4) is 0 Å². The fraction of sp³-hybridized carbons (Fsp3) is 0.389. The highest BCUT2D eigenvalue weighted by Crippen LogP contribution is 2.29. The summed E-state index contributed by atoms with van der Waals surface area (Å²) in [5.41, 5.74) is 0.864. The number of benzene rings is 1. The molecular weight excluding hydrogens is 404 g/mol. The van der Waals surface area contributed by atoms with Crippen molar-refractivity contribution in [2.75, 3.05) is 37.5 Å². The van der Waals surface area contributed by atoms with Crippen LogP contribution in [-0.2, 0) is 15.9 Å². The van der Waals surface area contributed by atoms with Crippen LogP contribution in [0.15, 0.2) is 35.5 Å². The van der Waals surface area contributed by atoms with E-state index in [4.69, 9.17) is 4.74 Å². The molecule has 0 radical (unpaired) electrons. The first-order valence-electron chi connectivity index (χ1n) is 8.93. The highest BCUT2D eigenvalue weighted by Gasteiger charge is 2.28. The van der Waals surface area contributed by atoms with Crippen LogP contribution in [0.4, 0.5) is 14.6 Å². The number of morpholine rings is 1. The number of hydrogen-bond donors (Lipinski definition) is 1. The van der Waals surface area contributed by atoms with Gasteiger partial charge in [0.2, 0.25) is 0 Å². The van der Waals surface area contributed by atoms with Gasteiger partial charge in [-0.25, -0.2) is 13.8 Å². The number of imidazole rings is 1. The Balaban J connectivity index is 1.92. The lowest BCUT2D eigenvalue weighted by molar-refractivity contribution is 0.0722. The number of aliphatic hydroxyl groups excluding tert-OH is 1. The van der Waals surface area contributed by atoms with Crippen molar-refractivity contribution < 1.29 is 23.2 Å². The minimum atomic E-state index is -2.83. The van der Waals surface area contributed by atoms with Gasteiger partial charge in [-0.1, -0.05) is 12.1 Å². The molecule has 29 heavy (non-hydrogen) atoms. The molecule has 154 valence electrons. The smallest absolute Gasteiger partial charge is 0.346 e. The largest absolute Gasteiger partial charge is 0.609 e. The van der Waals surface area contributed by atoms with Crippen LogP contribution in [0.5, 0.6) is 0 Å². The molecule has 8 nitrogen and oxygen atoms in total. The van der Waals surface area contributed by atoms with E-state index in [2.05, 4.69) is 15.0 Å². The first kappa shape index (κ1) is 20.0. The van der Waals surface area contributed by atoms with Gasteiger partial charge in [0, 0.05) is 23.8 Å². The summed E-state index contributed by atoms with van der Waals surface area (Å²) >= 11 is -1.54. The number of halogens is 2. The number of aliphatic hydroxyl groups is 1. The van der Waals surface area contributed by atoms with E-state index in [0.717, 1.165) is 0 Å². The normalized spacial score (nSPS) is 18.6. The van der Waals surface area contributed by atoms with Crippen molar-refractivity contribution in [3.05, 3.63) is 36.2 Å². The monoisotopic (exact) mass is 423 g/mol. The number of aromatic nitrogens is 4. The number of rotatable bonds is 5. The molecule has 3 aromatic rings. The molecule has 1 aliphatic rings. The fourth-order valence-electron chi connectivity index (χ4n) is 3.33. The summed E-state index contributed by atoms with van der Waals surface area (Å²) in [6.07, 6.45) is -1.41. The van der Waals surface area contributed by atoms with E-state index in [1.807, 2.05) is 4.90 Å². The number of nitrogens with zero attached hydrogens (tertiary/aromatic N) is 5. The van der Waals surface area contributed by atoms with Gasteiger partial charge in [0.15, 0.2) is 5.82 Å². The third-order valence-corrected chi connectivity index (χ3v) is 5.38. The Morgan fingerprint density at radius 2 is 2.03 bits per heavy atom. The van der Waals surface area contributed by atoms with Gasteiger partial charge in [-0.15, -0.1) is 0 Å². The molecule has 1 N–H and O–H groups in total. The van der Waals surface area contributed by atoms with Gasteiger partial charge in [0.05, 0.1) is 36.9 Å². The lowest BCUT2D eigenvalue weighted by atomic mass is 10.2. The van der Waals surface area contributed by atoms with Crippen molar-refractivity contribution in [1.29, 1.82) is 0 Å². The van der Waals surface area contributed by atoms with Gasteiger partial charge in [-0.2, -0.15) is 9.97 Å². The second-order valence-electron chi connectivity index (χ2n) is 6.52. The highest BCUT2D eigenvalue weighted by atomic mass is 32.2. The lowest BCUT2D eigenvalue weighted by Gasteiger charge is -2.35. The minimum absolute atomic E-state index is 0.0127. The van der Waals surface area contributed by atoms with Crippen LogP contribution in [0, 0.1) is 0 Å². The number of fused-ring (bicyclic) bond motifs is 1. The highest BCUT2D eigenvalue weighted by molar-refractivity contribution is 7.90. The predicted octanol–water partition coefficient (Wildman–Crippen LogP) is 1.69. The quantitative estimate of drug-likeness (QED) is 0.492. The third-order valence-electron chi connectivity index (χ3n) is 4.68. The summed E-state index contributed by atoms with van der Waals surface area (Å²) in [6, 6.07) is 7.95.